The Morgan fingerprint density at radius 1 is 0.970 bits per heavy atom. The third-order valence-corrected chi connectivity index (χ3v) is 5.37. The van der Waals surface area contributed by atoms with Gasteiger partial charge in [0, 0.05) is 37.2 Å². The van der Waals surface area contributed by atoms with Gasteiger partial charge in [-0.2, -0.15) is 4.98 Å². The molecule has 0 saturated carbocycles. The van der Waals surface area contributed by atoms with Crippen molar-refractivity contribution in [1.29, 1.82) is 0 Å². The van der Waals surface area contributed by atoms with Gasteiger partial charge >= 0.3 is 6.03 Å². The fraction of sp³-hybridized carbons (Fsp3) is 0.250. The number of amides is 3. The van der Waals surface area contributed by atoms with Gasteiger partial charge in [-0.15, -0.1) is 0 Å². The SMILES string of the molecule is NC(=O)c1cnc(Nc2cccc(NC(=O)N3CCCCC3)c2)nc1NCc1ccccc1. The molecule has 2 heterocycles. The Kier molecular flexibility index (Phi) is 6.99. The number of hydrogen-bond donors (Lipinski definition) is 4. The van der Waals surface area contributed by atoms with Crippen LogP contribution in [-0.2, 0) is 6.54 Å². The fourth-order valence-corrected chi connectivity index (χ4v) is 3.64. The molecule has 0 unspecified atom stereocenters. The predicted octanol–water partition coefficient (Wildman–Crippen LogP) is 3.95. The minimum absolute atomic E-state index is 0.0960. The molecule has 2 aromatic carbocycles. The number of nitrogens with one attached hydrogen (secondary N) is 3. The summed E-state index contributed by atoms with van der Waals surface area (Å²) in [7, 11) is 0. The van der Waals surface area contributed by atoms with Crippen molar-refractivity contribution in [2.75, 3.05) is 29.0 Å². The third kappa shape index (κ3) is 5.97. The predicted molar refractivity (Wildman–Crippen MR) is 128 cm³/mol. The number of carbonyl (C=O) groups is 2. The van der Waals surface area contributed by atoms with E-state index in [1.165, 1.54) is 12.6 Å². The lowest BCUT2D eigenvalue weighted by Crippen LogP contribution is -2.38. The molecule has 5 N–H and O–H groups in total. The number of rotatable bonds is 7. The van der Waals surface area contributed by atoms with E-state index in [1.807, 2.05) is 59.5 Å². The average Bonchev–Trinajstić information content (AvgIpc) is 2.84. The van der Waals surface area contributed by atoms with Crippen molar-refractivity contribution >= 4 is 35.1 Å². The normalized spacial score (nSPS) is 13.3. The number of aromatic nitrogens is 2. The number of likely N-dealkylation sites (tertiary alicyclic amines) is 1. The first-order valence-electron chi connectivity index (χ1n) is 11.0. The van der Waals surface area contributed by atoms with E-state index in [0.717, 1.165) is 31.5 Å². The van der Waals surface area contributed by atoms with Crippen LogP contribution in [0.25, 0.3) is 0 Å². The summed E-state index contributed by atoms with van der Waals surface area (Å²) in [6.07, 6.45) is 4.63. The molecule has 9 nitrogen and oxygen atoms in total. The molecule has 4 rings (SSSR count). The second-order valence-electron chi connectivity index (χ2n) is 7.84. The summed E-state index contributed by atoms with van der Waals surface area (Å²) in [6, 6.07) is 17.0. The Labute approximate surface area is 192 Å². The molecule has 3 aromatic rings. The number of anilines is 4. The minimum atomic E-state index is -0.612. The van der Waals surface area contributed by atoms with E-state index in [0.29, 0.717) is 29.7 Å². The third-order valence-electron chi connectivity index (χ3n) is 5.37. The molecule has 0 atom stereocenters. The van der Waals surface area contributed by atoms with Gasteiger partial charge in [0.05, 0.1) is 5.56 Å². The highest BCUT2D eigenvalue weighted by Crippen LogP contribution is 2.21. The Hall–Kier alpha value is -4.14. The van der Waals surface area contributed by atoms with Gasteiger partial charge in [0.2, 0.25) is 5.95 Å². The Morgan fingerprint density at radius 2 is 1.73 bits per heavy atom. The van der Waals surface area contributed by atoms with Gasteiger partial charge in [-0.3, -0.25) is 4.79 Å². The highest BCUT2D eigenvalue weighted by atomic mass is 16.2. The number of piperidine rings is 1. The van der Waals surface area contributed by atoms with Crippen LogP contribution in [0.3, 0.4) is 0 Å². The van der Waals surface area contributed by atoms with Gasteiger partial charge in [-0.05, 0) is 43.0 Å². The molecule has 1 fully saturated rings. The molecule has 0 radical (unpaired) electrons. The van der Waals surface area contributed by atoms with E-state index in [4.69, 9.17) is 5.73 Å². The molecule has 33 heavy (non-hydrogen) atoms. The van der Waals surface area contributed by atoms with Crippen LogP contribution in [-0.4, -0.2) is 39.9 Å². The number of urea groups is 1. The van der Waals surface area contributed by atoms with Gasteiger partial charge in [0.25, 0.3) is 5.91 Å². The number of primary amides is 1. The Morgan fingerprint density at radius 3 is 2.48 bits per heavy atom. The van der Waals surface area contributed by atoms with Crippen LogP contribution in [0.1, 0.15) is 35.2 Å². The molecule has 1 aliphatic rings. The second kappa shape index (κ2) is 10.4. The van der Waals surface area contributed by atoms with Crippen molar-refractivity contribution < 1.29 is 9.59 Å². The highest BCUT2D eigenvalue weighted by Gasteiger charge is 2.17. The summed E-state index contributed by atoms with van der Waals surface area (Å²) >= 11 is 0. The minimum Gasteiger partial charge on any atom is -0.365 e. The van der Waals surface area contributed by atoms with Crippen LogP contribution >= 0.6 is 0 Å². The van der Waals surface area contributed by atoms with Gasteiger partial charge in [0.1, 0.15) is 5.82 Å². The topological polar surface area (TPSA) is 125 Å². The first kappa shape index (κ1) is 22.1. The first-order valence-corrected chi connectivity index (χ1v) is 11.0. The van der Waals surface area contributed by atoms with Gasteiger partial charge < -0.3 is 26.6 Å². The van der Waals surface area contributed by atoms with E-state index >= 15 is 0 Å². The summed E-state index contributed by atoms with van der Waals surface area (Å²) in [5, 5.41) is 9.22. The number of nitrogens with two attached hydrogens (primary N) is 1. The maximum absolute atomic E-state index is 12.5. The molecule has 9 heteroatoms. The van der Waals surface area contributed by atoms with Crippen molar-refractivity contribution in [1.82, 2.24) is 14.9 Å². The first-order chi connectivity index (χ1) is 16.1. The van der Waals surface area contributed by atoms with E-state index in [2.05, 4.69) is 25.9 Å². The maximum Gasteiger partial charge on any atom is 0.321 e. The van der Waals surface area contributed by atoms with Crippen LogP contribution in [0.4, 0.5) is 27.9 Å². The van der Waals surface area contributed by atoms with Crippen LogP contribution < -0.4 is 21.7 Å². The summed E-state index contributed by atoms with van der Waals surface area (Å²) in [5.74, 6) is 0.0352. The summed E-state index contributed by atoms with van der Waals surface area (Å²) in [4.78, 5) is 34.8. The molecule has 170 valence electrons. The fourth-order valence-electron chi connectivity index (χ4n) is 3.64. The zero-order chi connectivity index (χ0) is 23.0. The lowest BCUT2D eigenvalue weighted by Gasteiger charge is -2.26. The Bertz CT molecular complexity index is 1110. The zero-order valence-corrected chi connectivity index (χ0v) is 18.3. The average molecular weight is 446 g/mol. The number of hydrogen-bond acceptors (Lipinski definition) is 6. The number of nitrogens with zero attached hydrogens (tertiary/aromatic N) is 3. The maximum atomic E-state index is 12.5. The number of benzene rings is 2. The molecule has 0 spiro atoms. The molecular formula is C24H27N7O2. The lowest BCUT2D eigenvalue weighted by atomic mass is 10.1. The molecule has 0 bridgehead atoms. The van der Waals surface area contributed by atoms with Gasteiger partial charge in [-0.25, -0.2) is 9.78 Å². The van der Waals surface area contributed by atoms with Crippen molar-refractivity contribution in [2.45, 2.75) is 25.8 Å². The number of carbonyl (C=O) groups excluding carboxylic acids is 2. The van der Waals surface area contributed by atoms with Crippen molar-refractivity contribution in [2.24, 2.45) is 5.73 Å². The van der Waals surface area contributed by atoms with Crippen LogP contribution in [0.15, 0.2) is 60.8 Å². The van der Waals surface area contributed by atoms with E-state index < -0.39 is 5.91 Å². The van der Waals surface area contributed by atoms with Crippen molar-refractivity contribution in [3.8, 4) is 0 Å². The molecule has 3 amide bonds. The Balaban J connectivity index is 1.46. The monoisotopic (exact) mass is 445 g/mol. The highest BCUT2D eigenvalue weighted by molar-refractivity contribution is 5.97. The smallest absolute Gasteiger partial charge is 0.321 e. The largest absolute Gasteiger partial charge is 0.365 e. The lowest BCUT2D eigenvalue weighted by molar-refractivity contribution is 0.100. The van der Waals surface area contributed by atoms with Crippen LogP contribution in [0.5, 0.6) is 0 Å². The van der Waals surface area contributed by atoms with Gasteiger partial charge in [0.15, 0.2) is 0 Å². The van der Waals surface area contributed by atoms with Crippen molar-refractivity contribution in [3.63, 3.8) is 0 Å². The molecular weight excluding hydrogens is 418 g/mol. The van der Waals surface area contributed by atoms with Crippen LogP contribution in [0.2, 0.25) is 0 Å². The molecule has 1 aliphatic heterocycles. The quantitative estimate of drug-likeness (QED) is 0.436. The summed E-state index contributed by atoms with van der Waals surface area (Å²) in [6.45, 7) is 2.04. The van der Waals surface area contributed by atoms with E-state index in [1.54, 1.807) is 0 Å². The van der Waals surface area contributed by atoms with Crippen LogP contribution in [0, 0.1) is 0 Å². The summed E-state index contributed by atoms with van der Waals surface area (Å²) < 4.78 is 0. The van der Waals surface area contributed by atoms with E-state index in [-0.39, 0.29) is 11.6 Å². The molecule has 0 aliphatic carbocycles. The standard InChI is InChI=1S/C24H27N7O2/c25-21(32)20-16-27-23(30-22(20)26-15-17-8-3-1-4-9-17)28-18-10-7-11-19(14-18)29-24(33)31-12-5-2-6-13-31/h1,3-4,7-11,14,16H,2,5-6,12-13,15H2,(H2,25,32)(H,29,33)(H2,26,27,28,30). The summed E-state index contributed by atoms with van der Waals surface area (Å²) in [5.41, 5.74) is 8.11. The van der Waals surface area contributed by atoms with Crippen molar-refractivity contribution in [3.05, 3.63) is 71.9 Å². The van der Waals surface area contributed by atoms with E-state index in [9.17, 15) is 9.59 Å². The second-order valence-corrected chi connectivity index (χ2v) is 7.84. The zero-order valence-electron chi connectivity index (χ0n) is 18.3. The molecule has 1 saturated heterocycles. The van der Waals surface area contributed by atoms with Gasteiger partial charge in [-0.1, -0.05) is 36.4 Å². The molecule has 1 aromatic heterocycles.